The Kier molecular flexibility index (Phi) is 7.70. The number of methoxy groups -OCH3 is 1. The number of carbonyl (C=O) groups is 1. The molecule has 0 bridgehead atoms. The number of ether oxygens (including phenoxy) is 2. The number of rotatable bonds is 10. The molecule has 3 heterocycles. The first-order chi connectivity index (χ1) is 18.0. The van der Waals surface area contributed by atoms with E-state index < -0.39 is 17.3 Å². The fourth-order valence-electron chi connectivity index (χ4n) is 4.53. The van der Waals surface area contributed by atoms with Gasteiger partial charge in [-0.15, -0.1) is 0 Å². The largest absolute Gasteiger partial charge is 0.466 e. The molecule has 0 aromatic carbocycles. The van der Waals surface area contributed by atoms with E-state index in [9.17, 15) is 4.79 Å². The van der Waals surface area contributed by atoms with Crippen molar-refractivity contribution >= 4 is 22.8 Å². The van der Waals surface area contributed by atoms with Crippen LogP contribution in [0.15, 0.2) is 57.2 Å². The number of amides is 1. The predicted octanol–water partition coefficient (Wildman–Crippen LogP) is 3.41. The summed E-state index contributed by atoms with van der Waals surface area (Å²) in [5, 5.41) is 6.75. The lowest BCUT2D eigenvalue weighted by Crippen LogP contribution is -2.40. The van der Waals surface area contributed by atoms with Gasteiger partial charge in [0.1, 0.15) is 11.5 Å². The van der Waals surface area contributed by atoms with Crippen LogP contribution in [0.1, 0.15) is 49.4 Å². The number of aryl methyl sites for hydroxylation is 1. The lowest BCUT2D eigenvalue weighted by atomic mass is 9.85. The zero-order valence-corrected chi connectivity index (χ0v) is 22.7. The molecule has 0 saturated heterocycles. The van der Waals surface area contributed by atoms with Gasteiger partial charge >= 0.3 is 0 Å². The highest BCUT2D eigenvalue weighted by atomic mass is 32.2. The summed E-state index contributed by atoms with van der Waals surface area (Å²) in [6.45, 7) is 11.4. The molecule has 1 aliphatic heterocycles. The van der Waals surface area contributed by atoms with Crippen molar-refractivity contribution in [3.8, 4) is 5.88 Å². The van der Waals surface area contributed by atoms with Gasteiger partial charge in [-0.05, 0) is 45.8 Å². The second-order valence-corrected chi connectivity index (χ2v) is 10.9. The summed E-state index contributed by atoms with van der Waals surface area (Å²) in [4.78, 5) is 29.3. The van der Waals surface area contributed by atoms with Crippen LogP contribution in [0.25, 0.3) is 0 Å². The fourth-order valence-corrected chi connectivity index (χ4v) is 5.98. The highest BCUT2D eigenvalue weighted by Crippen LogP contribution is 2.65. The number of nitrogens with two attached hydrogens (primary N) is 1. The lowest BCUT2D eigenvalue weighted by Gasteiger charge is -2.34. The average molecular weight is 544 g/mol. The fraction of sp³-hybridized carbons (Fsp3) is 0.440. The molecule has 1 fully saturated rings. The third-order valence-electron chi connectivity index (χ3n) is 6.48. The predicted molar refractivity (Wildman–Crippen MR) is 140 cm³/mol. The second kappa shape index (κ2) is 10.7. The van der Waals surface area contributed by atoms with Gasteiger partial charge in [-0.3, -0.25) is 9.79 Å². The maximum atomic E-state index is 15.5. The van der Waals surface area contributed by atoms with E-state index in [0.29, 0.717) is 34.8 Å². The molecule has 2 aromatic heterocycles. The topological polar surface area (TPSA) is 151 Å². The van der Waals surface area contributed by atoms with Gasteiger partial charge in [-0.2, -0.15) is 4.98 Å². The van der Waals surface area contributed by atoms with Gasteiger partial charge in [0, 0.05) is 24.3 Å². The molecular weight excluding hydrogens is 513 g/mol. The van der Waals surface area contributed by atoms with E-state index in [1.807, 2.05) is 6.92 Å². The molecule has 1 amide bonds. The quantitative estimate of drug-likeness (QED) is 0.427. The summed E-state index contributed by atoms with van der Waals surface area (Å²) in [6, 6.07) is 0. The summed E-state index contributed by atoms with van der Waals surface area (Å²) in [5.41, 5.74) is 6.22. The first kappa shape index (κ1) is 27.5. The summed E-state index contributed by atoms with van der Waals surface area (Å²) in [7, 11) is 1.64. The van der Waals surface area contributed by atoms with Crippen molar-refractivity contribution in [2.75, 3.05) is 13.7 Å². The van der Waals surface area contributed by atoms with E-state index in [1.165, 1.54) is 30.2 Å². The van der Waals surface area contributed by atoms with Crippen molar-refractivity contribution in [2.45, 2.75) is 51.0 Å². The van der Waals surface area contributed by atoms with Crippen LogP contribution in [0.4, 0.5) is 4.39 Å². The summed E-state index contributed by atoms with van der Waals surface area (Å²) >= 11 is 1.48. The molecule has 0 spiro atoms. The first-order valence-corrected chi connectivity index (χ1v) is 12.6. The Morgan fingerprint density at radius 2 is 2.16 bits per heavy atom. The molecule has 38 heavy (non-hydrogen) atoms. The number of allylic oxidation sites excluding steroid dienone is 3. The van der Waals surface area contributed by atoms with Gasteiger partial charge in [0.25, 0.3) is 11.8 Å². The summed E-state index contributed by atoms with van der Waals surface area (Å²) in [6.07, 6.45) is 4.92. The number of aromatic nitrogens is 4. The third-order valence-corrected chi connectivity index (χ3v) is 7.76. The number of thioether (sulfide) groups is 1. The maximum Gasteiger partial charge on any atom is 0.275 e. The Morgan fingerprint density at radius 1 is 1.39 bits per heavy atom. The average Bonchev–Trinajstić information content (AvgIpc) is 3.44. The van der Waals surface area contributed by atoms with Crippen LogP contribution in [0.3, 0.4) is 0 Å². The number of halogens is 1. The maximum absolute atomic E-state index is 15.5. The molecule has 3 N–H and O–H groups in total. The van der Waals surface area contributed by atoms with Crippen LogP contribution in [-0.2, 0) is 11.3 Å². The monoisotopic (exact) mass is 543 g/mol. The van der Waals surface area contributed by atoms with Gasteiger partial charge in [0.15, 0.2) is 17.6 Å². The molecule has 11 nitrogen and oxygen atoms in total. The van der Waals surface area contributed by atoms with Crippen molar-refractivity contribution < 1.29 is 23.2 Å². The van der Waals surface area contributed by atoms with E-state index >= 15 is 4.39 Å². The number of nitrogens with one attached hydrogen (secondary N) is 1. The number of hydrogen-bond donors (Lipinski definition) is 2. The zero-order valence-electron chi connectivity index (χ0n) is 21.9. The SMILES string of the molecule is C=C(/C(F)=C(C)\C=C(/C)NC(=O)c1cnc(OCc2nc(C)no2)cn1)[C@@]1(C)N=C(N)S[C@@]2(COC)C[C@H]21. The standard InChI is InChI=1S/C25H30FN7O4S/c1-13(21(26)15(3)24(5)18-8-25(18,12-35-6)38-23(27)32-24)7-14(2)30-22(34)17-9-29-19(10-28-17)36-11-20-31-16(4)33-37-20/h7,9-10,18H,3,8,11-12H2,1-2,4-6H3,(H2,27,32)(H,30,34)/b14-7+,21-13+/t18-,24+,25+/m0/s1. The number of aliphatic imine (C=N–C) groups is 1. The Hall–Kier alpha value is -3.58. The minimum absolute atomic E-state index is 0.0231. The van der Waals surface area contributed by atoms with Gasteiger partial charge in [-0.1, -0.05) is 23.5 Å². The molecule has 2 aliphatic rings. The smallest absolute Gasteiger partial charge is 0.275 e. The molecule has 202 valence electrons. The van der Waals surface area contributed by atoms with Crippen LogP contribution in [0.5, 0.6) is 5.88 Å². The van der Waals surface area contributed by atoms with Crippen molar-refractivity contribution in [1.29, 1.82) is 0 Å². The minimum Gasteiger partial charge on any atom is -0.466 e. The van der Waals surface area contributed by atoms with E-state index in [2.05, 4.69) is 37.0 Å². The number of nitrogens with zero attached hydrogens (tertiary/aromatic N) is 5. The second-order valence-electron chi connectivity index (χ2n) is 9.48. The van der Waals surface area contributed by atoms with E-state index in [4.69, 9.17) is 19.7 Å². The number of fused-ring (bicyclic) bond motifs is 1. The van der Waals surface area contributed by atoms with Crippen LogP contribution < -0.4 is 15.8 Å². The van der Waals surface area contributed by atoms with E-state index in [0.717, 1.165) is 6.42 Å². The highest BCUT2D eigenvalue weighted by molar-refractivity contribution is 8.15. The molecule has 1 saturated carbocycles. The molecule has 4 rings (SSSR count). The molecule has 1 aliphatic carbocycles. The lowest BCUT2D eigenvalue weighted by molar-refractivity contribution is 0.0960. The normalized spacial score (nSPS) is 25.2. The molecule has 2 aromatic rings. The molecule has 0 radical (unpaired) electrons. The first-order valence-electron chi connectivity index (χ1n) is 11.8. The zero-order chi connectivity index (χ0) is 27.7. The number of hydrogen-bond acceptors (Lipinski definition) is 11. The number of amidine groups is 1. The van der Waals surface area contributed by atoms with Crippen LogP contribution in [0.2, 0.25) is 0 Å². The third kappa shape index (κ3) is 5.63. The molecular formula is C25H30FN7O4S. The van der Waals surface area contributed by atoms with Crippen LogP contribution in [-0.4, -0.2) is 55.2 Å². The van der Waals surface area contributed by atoms with Gasteiger partial charge in [-0.25, -0.2) is 14.4 Å². The van der Waals surface area contributed by atoms with Crippen LogP contribution >= 0.6 is 11.8 Å². The summed E-state index contributed by atoms with van der Waals surface area (Å²) < 4.78 is 31.1. The van der Waals surface area contributed by atoms with Gasteiger partial charge < -0.3 is 25.0 Å². The van der Waals surface area contributed by atoms with Crippen molar-refractivity contribution in [3.05, 3.63) is 65.1 Å². The van der Waals surface area contributed by atoms with Crippen molar-refractivity contribution in [2.24, 2.45) is 16.6 Å². The molecule has 13 heteroatoms. The Morgan fingerprint density at radius 3 is 2.79 bits per heavy atom. The van der Waals surface area contributed by atoms with Crippen molar-refractivity contribution in [3.63, 3.8) is 0 Å². The number of carbonyl (C=O) groups excluding carboxylic acids is 1. The van der Waals surface area contributed by atoms with Gasteiger partial charge in [0.2, 0.25) is 5.88 Å². The minimum atomic E-state index is -0.883. The molecule has 0 unspecified atom stereocenters. The van der Waals surface area contributed by atoms with Crippen molar-refractivity contribution in [1.82, 2.24) is 25.4 Å². The Labute approximate surface area is 223 Å². The Balaban J connectivity index is 1.39. The van der Waals surface area contributed by atoms with E-state index in [1.54, 1.807) is 27.9 Å². The Bertz CT molecular complexity index is 1340. The highest BCUT2D eigenvalue weighted by Gasteiger charge is 2.66. The van der Waals surface area contributed by atoms with E-state index in [-0.39, 0.29) is 34.4 Å². The van der Waals surface area contributed by atoms with Gasteiger partial charge in [0.05, 0.1) is 29.3 Å². The summed E-state index contributed by atoms with van der Waals surface area (Å²) in [5.74, 6) is 0.0286. The van der Waals surface area contributed by atoms with Crippen LogP contribution in [0, 0.1) is 12.8 Å². The molecule has 3 atom stereocenters.